The van der Waals surface area contributed by atoms with Gasteiger partial charge in [0.05, 0.1) is 0 Å². The summed E-state index contributed by atoms with van der Waals surface area (Å²) in [7, 11) is 0. The number of rotatable bonds is 6. The molecule has 2 aliphatic rings. The van der Waals surface area contributed by atoms with Gasteiger partial charge >= 0.3 is 0 Å². The summed E-state index contributed by atoms with van der Waals surface area (Å²) in [6.45, 7) is 6.43. The lowest BCUT2D eigenvalue weighted by Crippen LogP contribution is -2.21. The lowest BCUT2D eigenvalue weighted by Gasteiger charge is -2.29. The highest BCUT2D eigenvalue weighted by molar-refractivity contribution is 6.26. The van der Waals surface area contributed by atoms with E-state index in [9.17, 15) is 0 Å². The standard InChI is InChI=1S/C48H35N3/c1-3-4-20-38-35-28-27-32(33-21-11-14-24-39(33)47(50)51-46(49)31-18-9-6-10-19-31)29-41(35)48(2)44(38)40-26-15-25-37-34-22-12-13-23-36(34)42(45(48)43(37)40)30-16-7-5-8-17-30/h3-29H,1H2,2H3,(H3,49,50,51)/b20-4-. The third-order valence-corrected chi connectivity index (χ3v) is 10.7. The van der Waals surface area contributed by atoms with Gasteiger partial charge in [-0.3, -0.25) is 5.41 Å². The lowest BCUT2D eigenvalue weighted by molar-refractivity contribution is 0.784. The number of hydrogen-bond donors (Lipinski definition) is 2. The van der Waals surface area contributed by atoms with Crippen molar-refractivity contribution in [3.05, 3.63) is 204 Å². The van der Waals surface area contributed by atoms with Crippen molar-refractivity contribution in [1.29, 1.82) is 5.41 Å². The van der Waals surface area contributed by atoms with Crippen molar-refractivity contribution in [2.75, 3.05) is 0 Å². The topological polar surface area (TPSA) is 62.2 Å². The van der Waals surface area contributed by atoms with Crippen molar-refractivity contribution in [2.24, 2.45) is 10.7 Å². The molecule has 2 aliphatic carbocycles. The van der Waals surface area contributed by atoms with E-state index < -0.39 is 5.41 Å². The molecular weight excluding hydrogens is 619 g/mol. The van der Waals surface area contributed by atoms with Crippen LogP contribution >= 0.6 is 0 Å². The Labute approximate surface area is 298 Å². The summed E-state index contributed by atoms with van der Waals surface area (Å²) < 4.78 is 0. The molecule has 0 saturated carbocycles. The third kappa shape index (κ3) is 4.52. The minimum atomic E-state index is -0.457. The molecule has 3 nitrogen and oxygen atoms in total. The number of aliphatic imine (C=N–C) groups is 1. The van der Waals surface area contributed by atoms with Gasteiger partial charge in [-0.1, -0.05) is 164 Å². The SMILES string of the molecule is C=C/C=C\C1=C2c3cccc4c3c(c(-c3ccccc3)c3ccccc34)C2(C)c2cc(-c3ccccc3C(=N)N=C(N)c3ccccc3)ccc21. The van der Waals surface area contributed by atoms with Crippen molar-refractivity contribution in [3.63, 3.8) is 0 Å². The molecule has 0 aromatic heterocycles. The number of nitrogens with two attached hydrogens (primary N) is 1. The minimum Gasteiger partial charge on any atom is -0.383 e. The number of nitrogens with zero attached hydrogens (tertiary/aromatic N) is 1. The lowest BCUT2D eigenvalue weighted by atomic mass is 9.72. The molecule has 3 heteroatoms. The van der Waals surface area contributed by atoms with Gasteiger partial charge in [-0.15, -0.1) is 0 Å². The highest BCUT2D eigenvalue weighted by Gasteiger charge is 2.50. The fourth-order valence-electron chi connectivity index (χ4n) is 8.56. The molecule has 0 spiro atoms. The predicted octanol–water partition coefficient (Wildman–Crippen LogP) is 11.3. The van der Waals surface area contributed by atoms with Crippen molar-refractivity contribution < 1.29 is 0 Å². The third-order valence-electron chi connectivity index (χ3n) is 10.7. The monoisotopic (exact) mass is 653 g/mol. The van der Waals surface area contributed by atoms with E-state index in [1.807, 2.05) is 54.6 Å². The minimum absolute atomic E-state index is 0.128. The number of fused-ring (bicyclic) bond motifs is 7. The second-order valence-electron chi connectivity index (χ2n) is 13.4. The van der Waals surface area contributed by atoms with E-state index in [-0.39, 0.29) is 5.84 Å². The van der Waals surface area contributed by atoms with Crippen LogP contribution in [0.3, 0.4) is 0 Å². The molecule has 3 N–H and O–H groups in total. The molecule has 51 heavy (non-hydrogen) atoms. The number of hydrogen-bond acceptors (Lipinski definition) is 1. The Morgan fingerprint density at radius 2 is 1.35 bits per heavy atom. The Bertz CT molecular complexity index is 2680. The maximum Gasteiger partial charge on any atom is 0.154 e. The van der Waals surface area contributed by atoms with E-state index in [2.05, 4.69) is 128 Å². The van der Waals surface area contributed by atoms with Gasteiger partial charge < -0.3 is 5.73 Å². The van der Waals surface area contributed by atoms with Crippen LogP contribution in [0.25, 0.3) is 54.9 Å². The van der Waals surface area contributed by atoms with Crippen molar-refractivity contribution in [2.45, 2.75) is 12.3 Å². The average Bonchev–Trinajstić information content (AvgIpc) is 3.59. The van der Waals surface area contributed by atoms with E-state index in [1.54, 1.807) is 0 Å². The van der Waals surface area contributed by atoms with Crippen LogP contribution in [-0.4, -0.2) is 11.7 Å². The first kappa shape index (κ1) is 30.5. The molecule has 1 atom stereocenters. The van der Waals surface area contributed by atoms with Crippen LogP contribution in [0.5, 0.6) is 0 Å². The van der Waals surface area contributed by atoms with E-state index >= 15 is 0 Å². The first-order valence-corrected chi connectivity index (χ1v) is 17.3. The molecule has 1 unspecified atom stereocenters. The summed E-state index contributed by atoms with van der Waals surface area (Å²) in [5.41, 5.74) is 19.5. The normalized spacial score (nSPS) is 16.2. The number of benzene rings is 7. The highest BCUT2D eigenvalue weighted by atomic mass is 14.9. The summed E-state index contributed by atoms with van der Waals surface area (Å²) in [6.07, 6.45) is 6.13. The molecule has 0 aliphatic heterocycles. The summed E-state index contributed by atoms with van der Waals surface area (Å²) in [5.74, 6) is 0.449. The predicted molar refractivity (Wildman–Crippen MR) is 215 cm³/mol. The number of nitrogens with one attached hydrogen (secondary N) is 1. The Hall–Kier alpha value is -6.58. The van der Waals surface area contributed by atoms with Gasteiger partial charge in [0, 0.05) is 16.5 Å². The second-order valence-corrected chi connectivity index (χ2v) is 13.4. The summed E-state index contributed by atoms with van der Waals surface area (Å²) in [5, 5.41) is 14.2. The zero-order chi connectivity index (χ0) is 34.7. The van der Waals surface area contributed by atoms with Crippen LogP contribution < -0.4 is 5.73 Å². The molecule has 9 rings (SSSR count). The van der Waals surface area contributed by atoms with Gasteiger partial charge in [0.2, 0.25) is 0 Å². The van der Waals surface area contributed by atoms with Gasteiger partial charge in [-0.25, -0.2) is 4.99 Å². The first-order valence-electron chi connectivity index (χ1n) is 17.3. The van der Waals surface area contributed by atoms with Gasteiger partial charge in [0.1, 0.15) is 5.84 Å². The fraction of sp³-hybridized carbons (Fsp3) is 0.0417. The zero-order valence-electron chi connectivity index (χ0n) is 28.3. The molecule has 7 aromatic rings. The maximum atomic E-state index is 9.09. The van der Waals surface area contributed by atoms with Crippen molar-refractivity contribution in [3.8, 4) is 22.3 Å². The van der Waals surface area contributed by atoms with Gasteiger partial charge in [0.15, 0.2) is 5.84 Å². The largest absolute Gasteiger partial charge is 0.383 e. The van der Waals surface area contributed by atoms with Crippen molar-refractivity contribution in [1.82, 2.24) is 0 Å². The van der Waals surface area contributed by atoms with Crippen LogP contribution in [0, 0.1) is 5.41 Å². The number of allylic oxidation sites excluding steroid dienone is 5. The van der Waals surface area contributed by atoms with E-state index in [0.29, 0.717) is 5.84 Å². The molecule has 242 valence electrons. The molecule has 0 amide bonds. The quantitative estimate of drug-likeness (QED) is 0.0798. The Kier molecular flexibility index (Phi) is 7.04. The highest BCUT2D eigenvalue weighted by Crippen LogP contribution is 2.64. The van der Waals surface area contributed by atoms with Crippen LogP contribution in [0.1, 0.15) is 40.3 Å². The Balaban J connectivity index is 1.31. The second kappa shape index (κ2) is 11.8. The van der Waals surface area contributed by atoms with Crippen LogP contribution in [0.2, 0.25) is 0 Å². The molecule has 7 aromatic carbocycles. The van der Waals surface area contributed by atoms with Gasteiger partial charge in [-0.05, 0) is 90.2 Å². The van der Waals surface area contributed by atoms with Crippen LogP contribution in [0.4, 0.5) is 0 Å². The summed E-state index contributed by atoms with van der Waals surface area (Å²) in [6, 6.07) is 50.9. The molecular formula is C48H35N3. The van der Waals surface area contributed by atoms with E-state index in [4.69, 9.17) is 11.1 Å². The Morgan fingerprint density at radius 1 is 0.686 bits per heavy atom. The van der Waals surface area contributed by atoms with Crippen LogP contribution in [-0.2, 0) is 5.41 Å². The summed E-state index contributed by atoms with van der Waals surface area (Å²) in [4.78, 5) is 4.57. The van der Waals surface area contributed by atoms with Gasteiger partial charge in [-0.2, -0.15) is 0 Å². The smallest absolute Gasteiger partial charge is 0.154 e. The number of amidine groups is 2. The maximum absolute atomic E-state index is 9.09. The Morgan fingerprint density at radius 3 is 2.14 bits per heavy atom. The average molecular weight is 654 g/mol. The fourth-order valence-corrected chi connectivity index (χ4v) is 8.56. The molecule has 0 fully saturated rings. The molecule has 0 heterocycles. The zero-order valence-corrected chi connectivity index (χ0v) is 28.3. The van der Waals surface area contributed by atoms with Crippen LogP contribution in [0.15, 0.2) is 175 Å². The molecule has 0 bridgehead atoms. The first-order chi connectivity index (χ1) is 25.0. The van der Waals surface area contributed by atoms with E-state index in [0.717, 1.165) is 22.3 Å². The molecule has 0 saturated heterocycles. The van der Waals surface area contributed by atoms with Crippen molar-refractivity contribution >= 4 is 44.4 Å². The van der Waals surface area contributed by atoms with E-state index in [1.165, 1.54) is 66.1 Å². The summed E-state index contributed by atoms with van der Waals surface area (Å²) >= 11 is 0. The van der Waals surface area contributed by atoms with Gasteiger partial charge in [0.25, 0.3) is 0 Å². The molecule has 0 radical (unpaired) electrons.